The van der Waals surface area contributed by atoms with Crippen molar-refractivity contribution in [1.29, 1.82) is 0 Å². The largest absolute Gasteiger partial charge is 0.493 e. The number of carbonyl (C=O) groups excluding carboxylic acids is 1. The van der Waals surface area contributed by atoms with Crippen molar-refractivity contribution >= 4 is 22.5 Å². The van der Waals surface area contributed by atoms with Crippen LogP contribution in [0.25, 0.3) is 10.9 Å². The second kappa shape index (κ2) is 9.08. The third kappa shape index (κ3) is 4.61. The van der Waals surface area contributed by atoms with Gasteiger partial charge in [0.1, 0.15) is 0 Å². The molecule has 1 aromatic heterocycles. The van der Waals surface area contributed by atoms with Gasteiger partial charge in [0.25, 0.3) is 5.91 Å². The van der Waals surface area contributed by atoms with E-state index >= 15 is 0 Å². The first-order valence-corrected chi connectivity index (χ1v) is 11.0. The molecule has 2 aliphatic rings. The molecule has 0 unspecified atom stereocenters. The van der Waals surface area contributed by atoms with Crippen molar-refractivity contribution in [1.82, 2.24) is 15.2 Å². The van der Waals surface area contributed by atoms with Crippen LogP contribution >= 0.6 is 0 Å². The number of nitrogens with two attached hydrogens (primary N) is 1. The number of methoxy groups -OCH3 is 1. The van der Waals surface area contributed by atoms with Gasteiger partial charge in [-0.3, -0.25) is 9.78 Å². The molecule has 162 valence electrons. The Bertz CT molecular complexity index is 905. The number of nitrogens with one attached hydrogen (secondary N) is 1. The summed E-state index contributed by atoms with van der Waals surface area (Å²) in [6.45, 7) is 6.31. The molecule has 7 nitrogen and oxygen atoms in total. The Kier molecular flexibility index (Phi) is 6.27. The van der Waals surface area contributed by atoms with Crippen molar-refractivity contribution in [2.75, 3.05) is 39.1 Å². The number of aromatic nitrogens is 1. The number of anilines is 1. The molecule has 2 heterocycles. The number of amides is 1. The highest BCUT2D eigenvalue weighted by atomic mass is 16.5. The molecule has 30 heavy (non-hydrogen) atoms. The number of fused-ring (bicyclic) bond motifs is 1. The summed E-state index contributed by atoms with van der Waals surface area (Å²) in [4.78, 5) is 19.4. The maximum atomic E-state index is 12.5. The maximum absolute atomic E-state index is 12.5. The normalized spacial score (nSPS) is 17.8. The first-order chi connectivity index (χ1) is 14.6. The number of nitrogens with zero attached hydrogens (tertiary/aromatic N) is 2. The fourth-order valence-corrected chi connectivity index (χ4v) is 4.07. The lowest BCUT2D eigenvalue weighted by atomic mass is 9.97. The topological polar surface area (TPSA) is 89.7 Å². The number of ether oxygens (including phenoxy) is 2. The average Bonchev–Trinajstić information content (AvgIpc) is 3.57. The summed E-state index contributed by atoms with van der Waals surface area (Å²) in [6, 6.07) is 3.95. The summed E-state index contributed by atoms with van der Waals surface area (Å²) >= 11 is 0. The van der Waals surface area contributed by atoms with Crippen LogP contribution < -0.4 is 20.5 Å². The number of nitrogen functional groups attached to an aromatic ring is 1. The summed E-state index contributed by atoms with van der Waals surface area (Å²) in [5.41, 5.74) is 7.88. The van der Waals surface area contributed by atoms with Gasteiger partial charge in [0.05, 0.1) is 30.5 Å². The fourth-order valence-electron chi connectivity index (χ4n) is 4.07. The predicted molar refractivity (Wildman–Crippen MR) is 118 cm³/mol. The Balaban J connectivity index is 1.50. The highest BCUT2D eigenvalue weighted by Gasteiger charge is 2.26. The monoisotopic (exact) mass is 412 g/mol. The second-order valence-electron chi connectivity index (χ2n) is 8.45. The number of hydrogen-bond donors (Lipinski definition) is 2. The van der Waals surface area contributed by atoms with Gasteiger partial charge in [-0.2, -0.15) is 0 Å². The predicted octanol–water partition coefficient (Wildman–Crippen LogP) is 3.22. The van der Waals surface area contributed by atoms with Crippen molar-refractivity contribution in [3.8, 4) is 11.5 Å². The molecule has 1 aliphatic heterocycles. The molecule has 2 aromatic rings. The summed E-state index contributed by atoms with van der Waals surface area (Å²) in [6.07, 6.45) is 7.08. The molecule has 1 aromatic carbocycles. The van der Waals surface area contributed by atoms with Crippen LogP contribution in [-0.4, -0.2) is 55.2 Å². The zero-order chi connectivity index (χ0) is 21.1. The number of rotatable bonds is 8. The Morgan fingerprint density at radius 3 is 2.67 bits per heavy atom. The lowest BCUT2D eigenvalue weighted by Crippen LogP contribution is -2.35. The smallest absolute Gasteiger partial charge is 0.255 e. The first-order valence-electron chi connectivity index (χ1n) is 11.0. The summed E-state index contributed by atoms with van der Waals surface area (Å²) in [5.74, 6) is 1.65. The van der Waals surface area contributed by atoms with Gasteiger partial charge in [0.15, 0.2) is 11.5 Å². The number of carbonyl (C=O) groups is 1. The van der Waals surface area contributed by atoms with Crippen molar-refractivity contribution in [2.45, 2.75) is 45.1 Å². The van der Waals surface area contributed by atoms with E-state index in [-0.39, 0.29) is 11.9 Å². The van der Waals surface area contributed by atoms with Crippen LogP contribution in [0, 0.1) is 5.92 Å². The molecule has 1 saturated heterocycles. The van der Waals surface area contributed by atoms with E-state index in [1.807, 2.05) is 12.1 Å². The highest BCUT2D eigenvalue weighted by Crippen LogP contribution is 2.36. The lowest BCUT2D eigenvalue weighted by Gasteiger charge is -2.31. The SMILES string of the molecule is CCCN1CCC(COc2cc3c(N)c(C(=O)NC4CC4)cnc3cc2OC)CC1. The number of likely N-dealkylation sites (tertiary alicyclic amines) is 1. The number of pyridine rings is 1. The molecule has 1 saturated carbocycles. The zero-order valence-corrected chi connectivity index (χ0v) is 17.9. The molecule has 7 heteroatoms. The van der Waals surface area contributed by atoms with E-state index in [1.54, 1.807) is 13.3 Å². The van der Waals surface area contributed by atoms with Gasteiger partial charge in [-0.15, -0.1) is 0 Å². The minimum Gasteiger partial charge on any atom is -0.493 e. The first kappa shape index (κ1) is 20.7. The van der Waals surface area contributed by atoms with Gasteiger partial charge in [0.2, 0.25) is 0 Å². The van der Waals surface area contributed by atoms with Crippen LogP contribution in [0.2, 0.25) is 0 Å². The molecule has 0 atom stereocenters. The van der Waals surface area contributed by atoms with Crippen molar-refractivity contribution in [2.24, 2.45) is 5.92 Å². The van der Waals surface area contributed by atoms with Crippen LogP contribution in [0.3, 0.4) is 0 Å². The maximum Gasteiger partial charge on any atom is 0.255 e. The van der Waals surface area contributed by atoms with Crippen LogP contribution in [0.4, 0.5) is 5.69 Å². The molecule has 1 amide bonds. The van der Waals surface area contributed by atoms with Gasteiger partial charge in [0, 0.05) is 23.7 Å². The van der Waals surface area contributed by atoms with Gasteiger partial charge >= 0.3 is 0 Å². The Hall–Kier alpha value is -2.54. The van der Waals surface area contributed by atoms with E-state index in [0.29, 0.717) is 46.2 Å². The second-order valence-corrected chi connectivity index (χ2v) is 8.45. The van der Waals surface area contributed by atoms with E-state index in [0.717, 1.165) is 38.8 Å². The quantitative estimate of drug-likeness (QED) is 0.692. The molecule has 3 N–H and O–H groups in total. The summed E-state index contributed by atoms with van der Waals surface area (Å²) in [5, 5.41) is 3.69. The Morgan fingerprint density at radius 2 is 2.00 bits per heavy atom. The van der Waals surface area contributed by atoms with Crippen LogP contribution in [-0.2, 0) is 0 Å². The van der Waals surface area contributed by atoms with Crippen molar-refractivity contribution < 1.29 is 14.3 Å². The van der Waals surface area contributed by atoms with E-state index < -0.39 is 0 Å². The molecule has 0 bridgehead atoms. The summed E-state index contributed by atoms with van der Waals surface area (Å²) < 4.78 is 11.7. The minimum atomic E-state index is -0.165. The Morgan fingerprint density at radius 1 is 1.23 bits per heavy atom. The van der Waals surface area contributed by atoms with Gasteiger partial charge in [-0.1, -0.05) is 6.92 Å². The number of hydrogen-bond acceptors (Lipinski definition) is 6. The Labute approximate surface area is 177 Å². The number of benzene rings is 1. The standard InChI is InChI=1S/C23H32N4O3/c1-3-8-27-9-6-15(7-10-27)14-30-21-11-17-19(12-20(21)29-2)25-13-18(22(17)24)23(28)26-16-4-5-16/h11-13,15-16H,3-10,14H2,1-2H3,(H2,24,25)(H,26,28). The summed E-state index contributed by atoms with van der Waals surface area (Å²) in [7, 11) is 1.62. The van der Waals surface area contributed by atoms with E-state index in [1.165, 1.54) is 13.0 Å². The molecule has 0 radical (unpaired) electrons. The third-order valence-corrected chi connectivity index (χ3v) is 6.07. The lowest BCUT2D eigenvalue weighted by molar-refractivity contribution is 0.0951. The molecule has 4 rings (SSSR count). The van der Waals surface area contributed by atoms with Gasteiger partial charge in [-0.25, -0.2) is 0 Å². The molecule has 2 fully saturated rings. The minimum absolute atomic E-state index is 0.165. The van der Waals surface area contributed by atoms with E-state index in [2.05, 4.69) is 22.1 Å². The van der Waals surface area contributed by atoms with E-state index in [9.17, 15) is 4.79 Å². The van der Waals surface area contributed by atoms with E-state index in [4.69, 9.17) is 15.2 Å². The number of piperidine rings is 1. The molecular weight excluding hydrogens is 380 g/mol. The van der Waals surface area contributed by atoms with Crippen LogP contribution in [0.15, 0.2) is 18.3 Å². The zero-order valence-electron chi connectivity index (χ0n) is 17.9. The van der Waals surface area contributed by atoms with Crippen LogP contribution in [0.1, 0.15) is 49.4 Å². The highest BCUT2D eigenvalue weighted by molar-refractivity contribution is 6.07. The third-order valence-electron chi connectivity index (χ3n) is 6.07. The van der Waals surface area contributed by atoms with Crippen LogP contribution in [0.5, 0.6) is 11.5 Å². The molecular formula is C23H32N4O3. The molecule has 1 aliphatic carbocycles. The van der Waals surface area contributed by atoms with Gasteiger partial charge < -0.3 is 25.4 Å². The average molecular weight is 413 g/mol. The van der Waals surface area contributed by atoms with Crippen molar-refractivity contribution in [3.63, 3.8) is 0 Å². The van der Waals surface area contributed by atoms with Crippen molar-refractivity contribution in [3.05, 3.63) is 23.9 Å². The molecule has 0 spiro atoms. The fraction of sp³-hybridized carbons (Fsp3) is 0.565. The van der Waals surface area contributed by atoms with Gasteiger partial charge in [-0.05, 0) is 63.7 Å².